The number of carbonyl (C=O) groups excluding carboxylic acids is 1. The molecule has 0 amide bonds. The maximum Gasteiger partial charge on any atom is 0.377 e. The van der Waals surface area contributed by atoms with Gasteiger partial charge in [-0.05, 0) is 13.0 Å². The lowest BCUT2D eigenvalue weighted by atomic mass is 10.1. The van der Waals surface area contributed by atoms with Crippen molar-refractivity contribution in [3.8, 4) is 11.6 Å². The van der Waals surface area contributed by atoms with Crippen LogP contribution in [0.3, 0.4) is 0 Å². The molecule has 0 aliphatic carbocycles. The fourth-order valence-electron chi connectivity index (χ4n) is 2.26. The van der Waals surface area contributed by atoms with Crippen molar-refractivity contribution in [2.24, 2.45) is 0 Å². The summed E-state index contributed by atoms with van der Waals surface area (Å²) in [5.74, 6) is -1.78. The predicted octanol–water partition coefficient (Wildman–Crippen LogP) is 1.33. The Morgan fingerprint density at radius 1 is 1.41 bits per heavy atom. The van der Waals surface area contributed by atoms with E-state index < -0.39 is 11.8 Å². The molecule has 2 N–H and O–H groups in total. The molecule has 0 bridgehead atoms. The smallest absolute Gasteiger partial charge is 0.377 e. The molecule has 0 atom stereocenters. The number of carboxylic acids is 1. The van der Waals surface area contributed by atoms with E-state index in [0.29, 0.717) is 22.5 Å². The van der Waals surface area contributed by atoms with Crippen LogP contribution in [-0.2, 0) is 4.79 Å². The standard InChI is InChI=1S/C14H12N4O4/c1-7-3-4-18(17-7)13-11-10(9(22-2)6-16-13)8(5-15-11)12(19)14(20)21/h3-6,15H,1-2H3,(H,20,21). The van der Waals surface area contributed by atoms with Gasteiger partial charge < -0.3 is 14.8 Å². The number of ether oxygens (including phenoxy) is 1. The second-order valence-electron chi connectivity index (χ2n) is 4.64. The maximum absolute atomic E-state index is 11.8. The normalized spacial score (nSPS) is 10.8. The highest BCUT2D eigenvalue weighted by molar-refractivity contribution is 6.42. The summed E-state index contributed by atoms with van der Waals surface area (Å²) in [6.07, 6.45) is 4.50. The number of aryl methyl sites for hydroxylation is 1. The van der Waals surface area contributed by atoms with Gasteiger partial charge in [0.1, 0.15) is 5.75 Å². The van der Waals surface area contributed by atoms with Crippen LogP contribution in [0.2, 0.25) is 0 Å². The first-order chi connectivity index (χ1) is 10.5. The number of ketones is 1. The summed E-state index contributed by atoms with van der Waals surface area (Å²) >= 11 is 0. The maximum atomic E-state index is 11.8. The topological polar surface area (TPSA) is 110 Å². The molecule has 22 heavy (non-hydrogen) atoms. The van der Waals surface area contributed by atoms with Gasteiger partial charge in [-0.25, -0.2) is 14.5 Å². The summed E-state index contributed by atoms with van der Waals surface area (Å²) in [5.41, 5.74) is 1.30. The Morgan fingerprint density at radius 2 is 2.18 bits per heavy atom. The van der Waals surface area contributed by atoms with Gasteiger partial charge >= 0.3 is 5.97 Å². The van der Waals surface area contributed by atoms with Crippen LogP contribution in [0, 0.1) is 6.92 Å². The second-order valence-corrected chi connectivity index (χ2v) is 4.64. The number of carbonyl (C=O) groups is 2. The summed E-state index contributed by atoms with van der Waals surface area (Å²) in [5, 5.41) is 13.6. The molecule has 0 fully saturated rings. The van der Waals surface area contributed by atoms with Crippen molar-refractivity contribution >= 4 is 22.7 Å². The van der Waals surface area contributed by atoms with Crippen molar-refractivity contribution in [3.63, 3.8) is 0 Å². The molecular formula is C14H12N4O4. The minimum atomic E-state index is -1.53. The second kappa shape index (κ2) is 4.99. The van der Waals surface area contributed by atoms with Crippen molar-refractivity contribution in [2.75, 3.05) is 7.11 Å². The van der Waals surface area contributed by atoms with Crippen molar-refractivity contribution in [1.82, 2.24) is 19.7 Å². The molecule has 3 aromatic heterocycles. The number of aromatic amines is 1. The zero-order valence-corrected chi connectivity index (χ0v) is 11.8. The molecule has 3 rings (SSSR count). The van der Waals surface area contributed by atoms with Gasteiger partial charge in [0.15, 0.2) is 5.82 Å². The fraction of sp³-hybridized carbons (Fsp3) is 0.143. The van der Waals surface area contributed by atoms with E-state index in [1.54, 1.807) is 10.9 Å². The molecule has 8 nitrogen and oxygen atoms in total. The molecule has 0 saturated carbocycles. The summed E-state index contributed by atoms with van der Waals surface area (Å²) in [6, 6.07) is 1.81. The Labute approximate surface area is 124 Å². The van der Waals surface area contributed by atoms with E-state index in [0.717, 1.165) is 5.69 Å². The first-order valence-corrected chi connectivity index (χ1v) is 6.37. The van der Waals surface area contributed by atoms with Gasteiger partial charge in [0, 0.05) is 12.4 Å². The number of Topliss-reactive ketones (excluding diaryl/α,β-unsaturated/α-hetero) is 1. The molecule has 0 saturated heterocycles. The molecule has 0 aliphatic rings. The minimum Gasteiger partial charge on any atom is -0.494 e. The Morgan fingerprint density at radius 3 is 2.77 bits per heavy atom. The van der Waals surface area contributed by atoms with Crippen molar-refractivity contribution < 1.29 is 19.4 Å². The van der Waals surface area contributed by atoms with Gasteiger partial charge in [0.05, 0.1) is 35.5 Å². The number of H-pyrrole nitrogens is 1. The summed E-state index contributed by atoms with van der Waals surface area (Å²) < 4.78 is 6.74. The number of carboxylic acid groups (broad SMARTS) is 1. The average molecular weight is 300 g/mol. The van der Waals surface area contributed by atoms with Gasteiger partial charge in [-0.2, -0.15) is 5.10 Å². The zero-order valence-electron chi connectivity index (χ0n) is 11.8. The lowest BCUT2D eigenvalue weighted by molar-refractivity contribution is -0.131. The molecule has 0 aromatic carbocycles. The SMILES string of the molecule is COc1cnc(-n2ccc(C)n2)c2[nH]cc(C(=O)C(=O)O)c12. The van der Waals surface area contributed by atoms with E-state index in [2.05, 4.69) is 15.1 Å². The lowest BCUT2D eigenvalue weighted by Crippen LogP contribution is -2.12. The fourth-order valence-corrected chi connectivity index (χ4v) is 2.26. The summed E-state index contributed by atoms with van der Waals surface area (Å²) in [6.45, 7) is 1.84. The van der Waals surface area contributed by atoms with E-state index in [4.69, 9.17) is 9.84 Å². The molecule has 3 heterocycles. The average Bonchev–Trinajstić information content (AvgIpc) is 3.12. The van der Waals surface area contributed by atoms with E-state index in [-0.39, 0.29) is 5.56 Å². The highest BCUT2D eigenvalue weighted by Gasteiger charge is 2.23. The van der Waals surface area contributed by atoms with Gasteiger partial charge in [-0.3, -0.25) is 4.79 Å². The first-order valence-electron chi connectivity index (χ1n) is 6.37. The van der Waals surface area contributed by atoms with Gasteiger partial charge in [-0.15, -0.1) is 0 Å². The van der Waals surface area contributed by atoms with Crippen molar-refractivity contribution in [3.05, 3.63) is 35.9 Å². The number of hydrogen-bond acceptors (Lipinski definition) is 5. The first kappa shape index (κ1) is 13.8. The summed E-state index contributed by atoms with van der Waals surface area (Å²) in [4.78, 5) is 29.9. The number of nitrogens with zero attached hydrogens (tertiary/aromatic N) is 3. The van der Waals surface area contributed by atoms with Crippen LogP contribution in [0.15, 0.2) is 24.7 Å². The third kappa shape index (κ3) is 2.01. The van der Waals surface area contributed by atoms with E-state index in [9.17, 15) is 9.59 Å². The number of aliphatic carboxylic acids is 1. The Hall–Kier alpha value is -3.16. The van der Waals surface area contributed by atoms with Crippen molar-refractivity contribution in [1.29, 1.82) is 0 Å². The number of nitrogens with one attached hydrogen (secondary N) is 1. The highest BCUT2D eigenvalue weighted by Crippen LogP contribution is 2.31. The van der Waals surface area contributed by atoms with Gasteiger partial charge in [-0.1, -0.05) is 0 Å². The van der Waals surface area contributed by atoms with E-state index in [1.165, 1.54) is 19.5 Å². The molecule has 0 radical (unpaired) electrons. The van der Waals surface area contributed by atoms with Gasteiger partial charge in [0.25, 0.3) is 5.78 Å². The Bertz CT molecular complexity index is 894. The molecule has 112 valence electrons. The van der Waals surface area contributed by atoms with Crippen LogP contribution in [0.4, 0.5) is 0 Å². The van der Waals surface area contributed by atoms with Crippen LogP contribution in [0.5, 0.6) is 5.75 Å². The third-order valence-corrected chi connectivity index (χ3v) is 3.25. The van der Waals surface area contributed by atoms with Gasteiger partial charge in [0.2, 0.25) is 0 Å². The number of hydrogen-bond donors (Lipinski definition) is 2. The van der Waals surface area contributed by atoms with E-state index >= 15 is 0 Å². The lowest BCUT2D eigenvalue weighted by Gasteiger charge is -2.07. The number of fused-ring (bicyclic) bond motifs is 1. The number of methoxy groups -OCH3 is 1. The minimum absolute atomic E-state index is 0.0203. The number of aromatic nitrogens is 4. The summed E-state index contributed by atoms with van der Waals surface area (Å²) in [7, 11) is 1.43. The number of pyridine rings is 1. The molecule has 8 heteroatoms. The van der Waals surface area contributed by atoms with E-state index in [1.807, 2.05) is 13.0 Å². The van der Waals surface area contributed by atoms with Crippen LogP contribution < -0.4 is 4.74 Å². The predicted molar refractivity (Wildman–Crippen MR) is 76.5 cm³/mol. The Kier molecular flexibility index (Phi) is 3.13. The highest BCUT2D eigenvalue weighted by atomic mass is 16.5. The largest absolute Gasteiger partial charge is 0.494 e. The molecule has 0 aliphatic heterocycles. The zero-order chi connectivity index (χ0) is 15.9. The monoisotopic (exact) mass is 300 g/mol. The third-order valence-electron chi connectivity index (χ3n) is 3.25. The molecule has 3 aromatic rings. The van der Waals surface area contributed by atoms with Crippen LogP contribution >= 0.6 is 0 Å². The number of rotatable bonds is 4. The van der Waals surface area contributed by atoms with Crippen LogP contribution in [0.1, 0.15) is 16.1 Å². The van der Waals surface area contributed by atoms with Crippen LogP contribution in [-0.4, -0.2) is 43.7 Å². The quantitative estimate of drug-likeness (QED) is 0.555. The van der Waals surface area contributed by atoms with Crippen LogP contribution in [0.25, 0.3) is 16.7 Å². The molecular weight excluding hydrogens is 288 g/mol. The molecule has 0 unspecified atom stereocenters. The Balaban J connectivity index is 2.30. The molecule has 0 spiro atoms. The van der Waals surface area contributed by atoms with Crippen molar-refractivity contribution in [2.45, 2.75) is 6.92 Å².